The maximum atomic E-state index is 11.2. The summed E-state index contributed by atoms with van der Waals surface area (Å²) in [6.45, 7) is 4.01. The number of aromatic carboxylic acids is 1. The monoisotopic (exact) mass is 347 g/mol. The molecule has 1 aromatic carbocycles. The van der Waals surface area contributed by atoms with E-state index in [0.29, 0.717) is 11.6 Å². The van der Waals surface area contributed by atoms with Crippen LogP contribution in [-0.4, -0.2) is 28.6 Å². The highest BCUT2D eigenvalue weighted by Crippen LogP contribution is 2.23. The standard InChI is InChI=1S/C14H18BrNO2.ClH/c1-10-4-2-3-7-16(10)9-11-8-12(15)5-6-13(11)14(17)18;/h5-6,8,10H,2-4,7,9H2,1H3,(H,17,18);1H. The lowest BCUT2D eigenvalue weighted by Crippen LogP contribution is -2.37. The molecule has 0 saturated carbocycles. The minimum Gasteiger partial charge on any atom is -0.478 e. The second-order valence-electron chi connectivity index (χ2n) is 4.92. The molecule has 2 rings (SSSR count). The minimum absolute atomic E-state index is 0. The summed E-state index contributed by atoms with van der Waals surface area (Å²) in [6, 6.07) is 5.92. The van der Waals surface area contributed by atoms with Crippen LogP contribution in [0, 0.1) is 0 Å². The van der Waals surface area contributed by atoms with Gasteiger partial charge in [-0.1, -0.05) is 22.4 Å². The van der Waals surface area contributed by atoms with E-state index < -0.39 is 5.97 Å². The van der Waals surface area contributed by atoms with Crippen LogP contribution in [0.25, 0.3) is 0 Å². The van der Waals surface area contributed by atoms with Gasteiger partial charge in [0.2, 0.25) is 0 Å². The number of hydrogen-bond donors (Lipinski definition) is 1. The average molecular weight is 349 g/mol. The van der Waals surface area contributed by atoms with Crippen molar-refractivity contribution in [2.45, 2.75) is 38.8 Å². The highest BCUT2D eigenvalue weighted by atomic mass is 79.9. The molecule has 1 aliphatic heterocycles. The van der Waals surface area contributed by atoms with E-state index in [4.69, 9.17) is 0 Å². The fourth-order valence-electron chi connectivity index (χ4n) is 2.51. The first-order valence-electron chi connectivity index (χ1n) is 6.33. The number of carbonyl (C=O) groups is 1. The Bertz CT molecular complexity index is 453. The van der Waals surface area contributed by atoms with Gasteiger partial charge in [0.1, 0.15) is 0 Å². The molecule has 1 fully saturated rings. The van der Waals surface area contributed by atoms with E-state index in [0.717, 1.165) is 23.1 Å². The molecule has 1 unspecified atom stereocenters. The van der Waals surface area contributed by atoms with Crippen LogP contribution in [0.4, 0.5) is 0 Å². The molecule has 0 spiro atoms. The lowest BCUT2D eigenvalue weighted by atomic mass is 10.0. The lowest BCUT2D eigenvalue weighted by molar-refractivity contribution is 0.0692. The van der Waals surface area contributed by atoms with Gasteiger partial charge in [-0.25, -0.2) is 4.79 Å². The molecule has 19 heavy (non-hydrogen) atoms. The Morgan fingerprint density at radius 3 is 2.84 bits per heavy atom. The first-order chi connectivity index (χ1) is 8.58. The van der Waals surface area contributed by atoms with Gasteiger partial charge in [-0.05, 0) is 50.1 Å². The molecule has 0 bridgehead atoms. The van der Waals surface area contributed by atoms with Gasteiger partial charge < -0.3 is 5.11 Å². The fraction of sp³-hybridized carbons (Fsp3) is 0.500. The number of carboxylic acids is 1. The van der Waals surface area contributed by atoms with Crippen molar-refractivity contribution in [2.24, 2.45) is 0 Å². The number of nitrogens with zero attached hydrogens (tertiary/aromatic N) is 1. The fourth-order valence-corrected chi connectivity index (χ4v) is 2.92. The van der Waals surface area contributed by atoms with Crippen molar-refractivity contribution in [3.8, 4) is 0 Å². The summed E-state index contributed by atoms with van der Waals surface area (Å²) in [5, 5.41) is 9.22. The summed E-state index contributed by atoms with van der Waals surface area (Å²) in [5.41, 5.74) is 1.31. The van der Waals surface area contributed by atoms with E-state index in [9.17, 15) is 9.90 Å². The van der Waals surface area contributed by atoms with Gasteiger partial charge in [0.15, 0.2) is 0 Å². The highest BCUT2D eigenvalue weighted by Gasteiger charge is 2.20. The molecule has 1 heterocycles. The van der Waals surface area contributed by atoms with Crippen LogP contribution in [-0.2, 0) is 6.54 Å². The van der Waals surface area contributed by atoms with Crippen molar-refractivity contribution >= 4 is 34.3 Å². The van der Waals surface area contributed by atoms with Gasteiger partial charge in [-0.2, -0.15) is 0 Å². The number of likely N-dealkylation sites (tertiary alicyclic amines) is 1. The number of halogens is 2. The Morgan fingerprint density at radius 2 is 2.21 bits per heavy atom. The van der Waals surface area contributed by atoms with Crippen molar-refractivity contribution in [2.75, 3.05) is 6.54 Å². The molecule has 0 aliphatic carbocycles. The van der Waals surface area contributed by atoms with Crippen LogP contribution in [0.3, 0.4) is 0 Å². The van der Waals surface area contributed by atoms with Crippen molar-refractivity contribution in [1.29, 1.82) is 0 Å². The summed E-state index contributed by atoms with van der Waals surface area (Å²) in [6.07, 6.45) is 3.69. The first-order valence-corrected chi connectivity index (χ1v) is 7.13. The Morgan fingerprint density at radius 1 is 1.47 bits per heavy atom. The predicted molar refractivity (Wildman–Crippen MR) is 82.1 cm³/mol. The summed E-state index contributed by atoms with van der Waals surface area (Å²) in [7, 11) is 0. The van der Waals surface area contributed by atoms with Crippen LogP contribution >= 0.6 is 28.3 Å². The van der Waals surface area contributed by atoms with E-state index in [2.05, 4.69) is 27.8 Å². The molecule has 0 amide bonds. The topological polar surface area (TPSA) is 40.5 Å². The molecule has 106 valence electrons. The van der Waals surface area contributed by atoms with Crippen LogP contribution in [0.15, 0.2) is 22.7 Å². The lowest BCUT2D eigenvalue weighted by Gasteiger charge is -2.33. The van der Waals surface area contributed by atoms with E-state index in [1.54, 1.807) is 12.1 Å². The van der Waals surface area contributed by atoms with Crippen molar-refractivity contribution in [3.05, 3.63) is 33.8 Å². The molecule has 0 aromatic heterocycles. The molecular weight excluding hydrogens is 330 g/mol. The van der Waals surface area contributed by atoms with E-state index in [1.807, 2.05) is 6.07 Å². The van der Waals surface area contributed by atoms with Gasteiger partial charge >= 0.3 is 5.97 Å². The summed E-state index contributed by atoms with van der Waals surface area (Å²) < 4.78 is 0.937. The zero-order chi connectivity index (χ0) is 13.1. The van der Waals surface area contributed by atoms with Gasteiger partial charge in [0, 0.05) is 17.1 Å². The van der Waals surface area contributed by atoms with Crippen molar-refractivity contribution in [3.63, 3.8) is 0 Å². The molecule has 1 atom stereocenters. The smallest absolute Gasteiger partial charge is 0.336 e. The molecule has 5 heteroatoms. The molecule has 3 nitrogen and oxygen atoms in total. The van der Waals surface area contributed by atoms with Crippen LogP contribution in [0.1, 0.15) is 42.1 Å². The second-order valence-corrected chi connectivity index (χ2v) is 5.84. The SMILES string of the molecule is CC1CCCCN1Cc1cc(Br)ccc1C(=O)O.Cl. The third-order valence-corrected chi connectivity index (χ3v) is 4.10. The number of carboxylic acid groups (broad SMARTS) is 1. The Balaban J connectivity index is 0.00000180. The third-order valence-electron chi connectivity index (χ3n) is 3.61. The van der Waals surface area contributed by atoms with Gasteiger partial charge in [0.25, 0.3) is 0 Å². The van der Waals surface area contributed by atoms with Gasteiger partial charge in [-0.3, -0.25) is 4.90 Å². The molecule has 1 aliphatic rings. The Kier molecular flexibility index (Phi) is 6.30. The number of rotatable bonds is 3. The van der Waals surface area contributed by atoms with Crippen LogP contribution in [0.2, 0.25) is 0 Å². The first kappa shape index (κ1) is 16.5. The number of piperidine rings is 1. The molecule has 0 radical (unpaired) electrons. The van der Waals surface area contributed by atoms with Crippen LogP contribution < -0.4 is 0 Å². The molecule has 1 aromatic rings. The number of hydrogen-bond acceptors (Lipinski definition) is 2. The average Bonchev–Trinajstić information content (AvgIpc) is 2.32. The second kappa shape index (κ2) is 7.27. The Hall–Kier alpha value is -0.580. The van der Waals surface area contributed by atoms with Crippen molar-refractivity contribution < 1.29 is 9.90 Å². The summed E-state index contributed by atoms with van der Waals surface area (Å²) in [5.74, 6) is -0.845. The number of benzene rings is 1. The molecular formula is C14H19BrClNO2. The maximum Gasteiger partial charge on any atom is 0.336 e. The van der Waals surface area contributed by atoms with Crippen molar-refractivity contribution in [1.82, 2.24) is 4.90 Å². The van der Waals surface area contributed by atoms with Gasteiger partial charge in [0.05, 0.1) is 5.56 Å². The van der Waals surface area contributed by atoms with E-state index >= 15 is 0 Å². The minimum atomic E-state index is -0.845. The molecule has 1 saturated heterocycles. The highest BCUT2D eigenvalue weighted by molar-refractivity contribution is 9.10. The third kappa shape index (κ3) is 4.20. The zero-order valence-electron chi connectivity index (χ0n) is 10.9. The summed E-state index contributed by atoms with van der Waals surface area (Å²) >= 11 is 3.41. The van der Waals surface area contributed by atoms with E-state index in [1.165, 1.54) is 19.3 Å². The summed E-state index contributed by atoms with van der Waals surface area (Å²) in [4.78, 5) is 13.6. The van der Waals surface area contributed by atoms with Crippen LogP contribution in [0.5, 0.6) is 0 Å². The quantitative estimate of drug-likeness (QED) is 0.899. The Labute approximate surface area is 128 Å². The van der Waals surface area contributed by atoms with Gasteiger partial charge in [-0.15, -0.1) is 12.4 Å². The zero-order valence-corrected chi connectivity index (χ0v) is 13.3. The molecule has 1 N–H and O–H groups in total. The predicted octanol–water partition coefficient (Wildman–Crippen LogP) is 3.94. The normalized spacial score (nSPS) is 19.8. The largest absolute Gasteiger partial charge is 0.478 e. The van der Waals surface area contributed by atoms with E-state index in [-0.39, 0.29) is 12.4 Å². The maximum absolute atomic E-state index is 11.2.